The number of nitrogens with one attached hydrogen (secondary N) is 1. The minimum absolute atomic E-state index is 0.0693. The number of aryl methyl sites for hydroxylation is 2. The standard InChI is InChI=1S/C22H25N7OS/c1-13-7-17(8-14(2)15(13)3)28-9-18(23-11-28)25-22-26-20(19-21(27-22)31-12-24-19)29-6-4-5-16(29)10-30/h7-9,11-12,16,30H,4-6,10H2,1-3H3,(H,25,26,27)/t16-/m1/s1. The molecule has 2 N–H and O–H groups in total. The molecule has 4 aromatic rings. The Morgan fingerprint density at radius 1 is 1.16 bits per heavy atom. The molecule has 0 amide bonds. The van der Waals surface area contributed by atoms with Crippen molar-refractivity contribution in [1.82, 2.24) is 24.5 Å². The second-order valence-electron chi connectivity index (χ2n) is 8.04. The molecular weight excluding hydrogens is 410 g/mol. The summed E-state index contributed by atoms with van der Waals surface area (Å²) in [6, 6.07) is 4.39. The first-order valence-electron chi connectivity index (χ1n) is 10.4. The number of aliphatic hydroxyl groups is 1. The summed E-state index contributed by atoms with van der Waals surface area (Å²) in [6.07, 6.45) is 5.72. The van der Waals surface area contributed by atoms with Crippen LogP contribution < -0.4 is 10.2 Å². The molecule has 1 aromatic carbocycles. The second-order valence-corrected chi connectivity index (χ2v) is 8.88. The topological polar surface area (TPSA) is 92.0 Å². The molecule has 4 heterocycles. The number of rotatable bonds is 5. The third-order valence-corrected chi connectivity index (χ3v) is 6.79. The van der Waals surface area contributed by atoms with E-state index >= 15 is 0 Å². The summed E-state index contributed by atoms with van der Waals surface area (Å²) in [5.74, 6) is 1.93. The van der Waals surface area contributed by atoms with E-state index in [4.69, 9.17) is 4.98 Å². The van der Waals surface area contributed by atoms with Crippen LogP contribution in [0, 0.1) is 20.8 Å². The van der Waals surface area contributed by atoms with Crippen molar-refractivity contribution in [2.75, 3.05) is 23.4 Å². The molecule has 8 nitrogen and oxygen atoms in total. The molecule has 0 bridgehead atoms. The summed E-state index contributed by atoms with van der Waals surface area (Å²) in [4.78, 5) is 21.3. The molecule has 3 aromatic heterocycles. The van der Waals surface area contributed by atoms with E-state index < -0.39 is 0 Å². The molecule has 1 atom stereocenters. The number of benzene rings is 1. The highest BCUT2D eigenvalue weighted by Gasteiger charge is 2.28. The Bertz CT molecular complexity index is 1220. The van der Waals surface area contributed by atoms with Gasteiger partial charge in [0.05, 0.1) is 24.4 Å². The largest absolute Gasteiger partial charge is 0.394 e. The zero-order valence-electron chi connectivity index (χ0n) is 17.8. The van der Waals surface area contributed by atoms with E-state index in [1.54, 1.807) is 11.8 Å². The van der Waals surface area contributed by atoms with E-state index in [-0.39, 0.29) is 12.6 Å². The van der Waals surface area contributed by atoms with Crippen LogP contribution in [0.1, 0.15) is 29.5 Å². The molecule has 0 saturated carbocycles. The zero-order valence-corrected chi connectivity index (χ0v) is 18.6. The van der Waals surface area contributed by atoms with Gasteiger partial charge in [-0.2, -0.15) is 9.97 Å². The number of fused-ring (bicyclic) bond motifs is 1. The van der Waals surface area contributed by atoms with Crippen LogP contribution in [0.2, 0.25) is 0 Å². The van der Waals surface area contributed by atoms with Gasteiger partial charge < -0.3 is 19.9 Å². The van der Waals surface area contributed by atoms with Crippen LogP contribution in [0.15, 0.2) is 30.2 Å². The lowest BCUT2D eigenvalue weighted by atomic mass is 10.0. The Kier molecular flexibility index (Phi) is 5.07. The van der Waals surface area contributed by atoms with Crippen LogP contribution in [0.5, 0.6) is 0 Å². The normalized spacial score (nSPS) is 16.4. The number of aromatic nitrogens is 5. The van der Waals surface area contributed by atoms with Gasteiger partial charge in [-0.25, -0.2) is 9.97 Å². The van der Waals surface area contributed by atoms with Crippen molar-refractivity contribution in [3.8, 4) is 5.69 Å². The molecule has 31 heavy (non-hydrogen) atoms. The van der Waals surface area contributed by atoms with Crippen LogP contribution in [-0.4, -0.2) is 48.8 Å². The fraction of sp³-hybridized carbons (Fsp3) is 0.364. The smallest absolute Gasteiger partial charge is 0.231 e. The summed E-state index contributed by atoms with van der Waals surface area (Å²) >= 11 is 1.48. The van der Waals surface area contributed by atoms with Gasteiger partial charge in [-0.3, -0.25) is 0 Å². The molecule has 160 valence electrons. The summed E-state index contributed by atoms with van der Waals surface area (Å²) in [5.41, 5.74) is 7.46. The van der Waals surface area contributed by atoms with Crippen LogP contribution in [0.3, 0.4) is 0 Å². The highest BCUT2D eigenvalue weighted by Crippen LogP contribution is 2.32. The van der Waals surface area contributed by atoms with Gasteiger partial charge in [0, 0.05) is 12.2 Å². The Morgan fingerprint density at radius 2 is 1.97 bits per heavy atom. The monoisotopic (exact) mass is 435 g/mol. The molecule has 1 aliphatic heterocycles. The van der Waals surface area contributed by atoms with Crippen molar-refractivity contribution in [1.29, 1.82) is 0 Å². The number of anilines is 3. The van der Waals surface area contributed by atoms with Crippen LogP contribution in [0.25, 0.3) is 16.0 Å². The maximum Gasteiger partial charge on any atom is 0.231 e. The molecule has 1 aliphatic rings. The van der Waals surface area contributed by atoms with Crippen molar-refractivity contribution >= 4 is 39.3 Å². The maximum absolute atomic E-state index is 9.76. The summed E-state index contributed by atoms with van der Waals surface area (Å²) in [5, 5.41) is 13.0. The van der Waals surface area contributed by atoms with Gasteiger partial charge in [-0.1, -0.05) is 0 Å². The minimum Gasteiger partial charge on any atom is -0.394 e. The molecule has 5 rings (SSSR count). The quantitative estimate of drug-likeness (QED) is 0.491. The van der Waals surface area contributed by atoms with Crippen molar-refractivity contribution in [2.45, 2.75) is 39.7 Å². The van der Waals surface area contributed by atoms with E-state index in [0.717, 1.165) is 41.2 Å². The summed E-state index contributed by atoms with van der Waals surface area (Å²) in [7, 11) is 0. The maximum atomic E-state index is 9.76. The number of nitrogens with zero attached hydrogens (tertiary/aromatic N) is 6. The van der Waals surface area contributed by atoms with Gasteiger partial charge in [-0.15, -0.1) is 11.3 Å². The molecule has 0 unspecified atom stereocenters. The Labute approximate surface area is 184 Å². The number of hydrogen-bond acceptors (Lipinski definition) is 8. The number of aliphatic hydroxyl groups excluding tert-OH is 1. The predicted octanol–water partition coefficient (Wildman–Crippen LogP) is 3.90. The van der Waals surface area contributed by atoms with Gasteiger partial charge in [0.15, 0.2) is 16.5 Å². The Morgan fingerprint density at radius 3 is 2.74 bits per heavy atom. The molecule has 0 radical (unpaired) electrons. The number of thiazole rings is 1. The highest BCUT2D eigenvalue weighted by molar-refractivity contribution is 7.16. The number of hydrogen-bond donors (Lipinski definition) is 2. The third-order valence-electron chi connectivity index (χ3n) is 6.07. The summed E-state index contributed by atoms with van der Waals surface area (Å²) in [6.45, 7) is 7.36. The van der Waals surface area contributed by atoms with Crippen LogP contribution >= 0.6 is 11.3 Å². The van der Waals surface area contributed by atoms with Gasteiger partial charge in [0.25, 0.3) is 0 Å². The lowest BCUT2D eigenvalue weighted by molar-refractivity contribution is 0.266. The van der Waals surface area contributed by atoms with Crippen molar-refractivity contribution < 1.29 is 5.11 Å². The SMILES string of the molecule is Cc1cc(-n2cnc(Nc3nc(N4CCC[C@@H]4CO)c4ncsc4n3)c2)cc(C)c1C. The van der Waals surface area contributed by atoms with Gasteiger partial charge in [0.1, 0.15) is 11.8 Å². The Hall–Kier alpha value is -3.04. The van der Waals surface area contributed by atoms with E-state index in [9.17, 15) is 5.11 Å². The molecular formula is C22H25N7OS. The van der Waals surface area contributed by atoms with Crippen LogP contribution in [-0.2, 0) is 0 Å². The average molecular weight is 436 g/mol. The first-order chi connectivity index (χ1) is 15.0. The zero-order chi connectivity index (χ0) is 21.5. The van der Waals surface area contributed by atoms with E-state index in [2.05, 4.69) is 58.1 Å². The minimum atomic E-state index is 0.0693. The van der Waals surface area contributed by atoms with Crippen LogP contribution in [0.4, 0.5) is 17.6 Å². The van der Waals surface area contributed by atoms with Gasteiger partial charge in [-0.05, 0) is 62.4 Å². The fourth-order valence-electron chi connectivity index (χ4n) is 4.11. The first-order valence-corrected chi connectivity index (χ1v) is 11.3. The second kappa shape index (κ2) is 7.90. The van der Waals surface area contributed by atoms with E-state index in [1.165, 1.54) is 28.0 Å². The fourth-order valence-corrected chi connectivity index (χ4v) is 4.77. The highest BCUT2D eigenvalue weighted by atomic mass is 32.1. The van der Waals surface area contributed by atoms with E-state index in [0.29, 0.717) is 11.8 Å². The number of imidazole rings is 1. The lowest BCUT2D eigenvalue weighted by Gasteiger charge is -2.24. The lowest BCUT2D eigenvalue weighted by Crippen LogP contribution is -2.33. The summed E-state index contributed by atoms with van der Waals surface area (Å²) < 4.78 is 2.00. The van der Waals surface area contributed by atoms with Crippen molar-refractivity contribution in [3.05, 3.63) is 46.9 Å². The first kappa shape index (κ1) is 19.9. The third kappa shape index (κ3) is 3.64. The molecule has 0 spiro atoms. The van der Waals surface area contributed by atoms with E-state index in [1.807, 2.05) is 10.8 Å². The molecule has 0 aliphatic carbocycles. The Balaban J connectivity index is 1.47. The van der Waals surface area contributed by atoms with Gasteiger partial charge >= 0.3 is 0 Å². The van der Waals surface area contributed by atoms with Gasteiger partial charge in [0.2, 0.25) is 5.95 Å². The van der Waals surface area contributed by atoms with Crippen molar-refractivity contribution in [3.63, 3.8) is 0 Å². The molecule has 1 fully saturated rings. The molecule has 9 heteroatoms. The predicted molar refractivity (Wildman–Crippen MR) is 124 cm³/mol. The molecule has 1 saturated heterocycles. The van der Waals surface area contributed by atoms with Crippen molar-refractivity contribution in [2.24, 2.45) is 0 Å². The average Bonchev–Trinajstić information content (AvgIpc) is 3.51.